The SMILES string of the molecule is CN[C@@H](CC(C)C)C(=O)N(Cc1ccc(-c2ccccc2S(=O)(=O)Nc2onc(C)c2C)cc1)C(=O)CC(C)C. The molecule has 10 heteroatoms. The van der Waals surface area contributed by atoms with Gasteiger partial charge in [-0.1, -0.05) is 75.3 Å². The molecule has 0 aliphatic heterocycles. The number of sulfonamides is 1. The van der Waals surface area contributed by atoms with Gasteiger partial charge in [-0.15, -0.1) is 0 Å². The van der Waals surface area contributed by atoms with E-state index in [0.717, 1.165) is 5.56 Å². The van der Waals surface area contributed by atoms with Crippen molar-refractivity contribution in [3.8, 4) is 11.1 Å². The molecule has 0 saturated carbocycles. The molecule has 2 amide bonds. The van der Waals surface area contributed by atoms with Gasteiger partial charge < -0.3 is 9.84 Å². The Hall–Kier alpha value is -3.50. The summed E-state index contributed by atoms with van der Waals surface area (Å²) in [6.07, 6.45) is 0.885. The molecule has 3 aromatic rings. The minimum Gasteiger partial charge on any atom is -0.337 e. The third kappa shape index (κ3) is 7.57. The van der Waals surface area contributed by atoms with Gasteiger partial charge in [-0.3, -0.25) is 14.5 Å². The van der Waals surface area contributed by atoms with E-state index in [4.69, 9.17) is 4.52 Å². The summed E-state index contributed by atoms with van der Waals surface area (Å²) in [6, 6.07) is 13.4. The zero-order chi connectivity index (χ0) is 29.6. The Morgan fingerprint density at radius 3 is 2.17 bits per heavy atom. The number of rotatable bonds is 12. The molecule has 1 aromatic heterocycles. The Labute approximate surface area is 237 Å². The van der Waals surface area contributed by atoms with Crippen molar-refractivity contribution in [1.82, 2.24) is 15.4 Å². The number of benzene rings is 2. The molecule has 0 saturated heterocycles. The topological polar surface area (TPSA) is 122 Å². The minimum absolute atomic E-state index is 0.0795. The molecule has 0 radical (unpaired) electrons. The lowest BCUT2D eigenvalue weighted by Crippen LogP contribution is -2.48. The van der Waals surface area contributed by atoms with Crippen molar-refractivity contribution in [3.63, 3.8) is 0 Å². The third-order valence-corrected chi connectivity index (χ3v) is 8.06. The lowest BCUT2D eigenvalue weighted by atomic mass is 10.0. The first-order valence-electron chi connectivity index (χ1n) is 13.5. The van der Waals surface area contributed by atoms with Crippen molar-refractivity contribution in [2.75, 3.05) is 11.8 Å². The molecular formula is C30H40N4O5S. The van der Waals surface area contributed by atoms with Crippen molar-refractivity contribution < 1.29 is 22.5 Å². The summed E-state index contributed by atoms with van der Waals surface area (Å²) in [5, 5.41) is 6.88. The highest BCUT2D eigenvalue weighted by atomic mass is 32.2. The van der Waals surface area contributed by atoms with Gasteiger partial charge in [-0.05, 0) is 56.3 Å². The molecule has 1 heterocycles. The maximum Gasteiger partial charge on any atom is 0.264 e. The monoisotopic (exact) mass is 568 g/mol. The Morgan fingerprint density at radius 2 is 1.62 bits per heavy atom. The minimum atomic E-state index is -3.98. The molecule has 3 rings (SSSR count). The number of imide groups is 1. The molecule has 0 unspecified atom stereocenters. The van der Waals surface area contributed by atoms with Crippen LogP contribution < -0.4 is 10.0 Å². The number of carbonyl (C=O) groups is 2. The van der Waals surface area contributed by atoms with Gasteiger partial charge in [-0.25, -0.2) is 13.1 Å². The predicted octanol–water partition coefficient (Wildman–Crippen LogP) is 5.29. The average molecular weight is 569 g/mol. The van der Waals surface area contributed by atoms with Crippen LogP contribution >= 0.6 is 0 Å². The number of aromatic nitrogens is 1. The molecular weight excluding hydrogens is 528 g/mol. The van der Waals surface area contributed by atoms with Crippen LogP contribution in [0.4, 0.5) is 5.88 Å². The van der Waals surface area contributed by atoms with Gasteiger partial charge in [0.1, 0.15) is 0 Å². The van der Waals surface area contributed by atoms with Crippen LogP contribution in [-0.2, 0) is 26.2 Å². The zero-order valence-corrected chi connectivity index (χ0v) is 25.1. The Bertz CT molecular complexity index is 1430. The highest BCUT2D eigenvalue weighted by molar-refractivity contribution is 7.92. The molecule has 2 aromatic carbocycles. The Balaban J connectivity index is 1.89. The van der Waals surface area contributed by atoms with Crippen LogP contribution in [0.2, 0.25) is 0 Å². The fourth-order valence-electron chi connectivity index (χ4n) is 4.35. The van der Waals surface area contributed by atoms with E-state index in [1.165, 1.54) is 11.0 Å². The van der Waals surface area contributed by atoms with Crippen LogP contribution in [-0.4, -0.2) is 43.4 Å². The first-order valence-corrected chi connectivity index (χ1v) is 15.0. The first-order chi connectivity index (χ1) is 18.8. The van der Waals surface area contributed by atoms with Crippen molar-refractivity contribution in [3.05, 3.63) is 65.4 Å². The van der Waals surface area contributed by atoms with Gasteiger partial charge in [0.05, 0.1) is 23.2 Å². The van der Waals surface area contributed by atoms with Gasteiger partial charge in [0.25, 0.3) is 10.0 Å². The lowest BCUT2D eigenvalue weighted by molar-refractivity contribution is -0.147. The Kier molecular flexibility index (Phi) is 10.3. The molecule has 0 fully saturated rings. The third-order valence-electron chi connectivity index (χ3n) is 6.67. The fraction of sp³-hybridized carbons (Fsp3) is 0.433. The van der Waals surface area contributed by atoms with Crippen LogP contribution in [0.15, 0.2) is 57.9 Å². The molecule has 0 aliphatic carbocycles. The molecule has 0 aliphatic rings. The maximum atomic E-state index is 13.4. The molecule has 40 heavy (non-hydrogen) atoms. The summed E-state index contributed by atoms with van der Waals surface area (Å²) in [5.74, 6) is 0.0151. The van der Waals surface area contributed by atoms with Crippen molar-refractivity contribution in [2.24, 2.45) is 11.8 Å². The normalized spacial score (nSPS) is 12.5. The smallest absolute Gasteiger partial charge is 0.264 e. The summed E-state index contributed by atoms with van der Waals surface area (Å²) in [7, 11) is -2.24. The summed E-state index contributed by atoms with van der Waals surface area (Å²) in [6.45, 7) is 11.6. The predicted molar refractivity (Wildman–Crippen MR) is 156 cm³/mol. The van der Waals surface area contributed by atoms with Crippen molar-refractivity contribution in [1.29, 1.82) is 0 Å². The average Bonchev–Trinajstić information content (AvgIpc) is 3.21. The Morgan fingerprint density at radius 1 is 0.975 bits per heavy atom. The van der Waals surface area contributed by atoms with Crippen LogP contribution in [0.1, 0.15) is 57.4 Å². The number of amides is 2. The van der Waals surface area contributed by atoms with Crippen molar-refractivity contribution >= 4 is 27.7 Å². The molecule has 2 N–H and O–H groups in total. The summed E-state index contributed by atoms with van der Waals surface area (Å²) in [5.41, 5.74) is 3.16. The number of carbonyl (C=O) groups excluding carboxylic acids is 2. The van der Waals surface area contributed by atoms with E-state index < -0.39 is 16.1 Å². The lowest BCUT2D eigenvalue weighted by Gasteiger charge is -2.27. The summed E-state index contributed by atoms with van der Waals surface area (Å²) < 4.78 is 34.2. The van der Waals surface area contributed by atoms with Gasteiger partial charge in [0.2, 0.25) is 17.7 Å². The molecule has 9 nitrogen and oxygen atoms in total. The van der Waals surface area contributed by atoms with E-state index >= 15 is 0 Å². The molecule has 216 valence electrons. The second-order valence-corrected chi connectivity index (χ2v) is 12.6. The highest BCUT2D eigenvalue weighted by Gasteiger charge is 2.29. The number of nitrogens with one attached hydrogen (secondary N) is 2. The van der Waals surface area contributed by atoms with E-state index in [-0.39, 0.29) is 47.4 Å². The number of hydrogen-bond donors (Lipinski definition) is 2. The van der Waals surface area contributed by atoms with Gasteiger partial charge in [0, 0.05) is 17.5 Å². The van der Waals surface area contributed by atoms with Crippen molar-refractivity contribution in [2.45, 2.75) is 71.9 Å². The van der Waals surface area contributed by atoms with E-state index in [2.05, 4.69) is 15.2 Å². The number of hydrogen-bond acceptors (Lipinski definition) is 7. The van der Waals surface area contributed by atoms with Gasteiger partial charge in [-0.2, -0.15) is 0 Å². The molecule has 1 atom stereocenters. The van der Waals surface area contributed by atoms with E-state index in [1.807, 2.05) is 39.8 Å². The van der Waals surface area contributed by atoms with Crippen LogP contribution in [0.5, 0.6) is 0 Å². The number of aryl methyl sites for hydroxylation is 1. The summed E-state index contributed by atoms with van der Waals surface area (Å²) >= 11 is 0. The quantitative estimate of drug-likeness (QED) is 0.304. The first kappa shape index (κ1) is 31.0. The van der Waals surface area contributed by atoms with E-state index in [0.29, 0.717) is 28.8 Å². The van der Waals surface area contributed by atoms with Gasteiger partial charge >= 0.3 is 0 Å². The number of nitrogens with zero attached hydrogens (tertiary/aromatic N) is 2. The molecule has 0 spiro atoms. The van der Waals surface area contributed by atoms with Crippen LogP contribution in [0.25, 0.3) is 11.1 Å². The van der Waals surface area contributed by atoms with Crippen LogP contribution in [0, 0.1) is 25.7 Å². The largest absolute Gasteiger partial charge is 0.337 e. The fourth-order valence-corrected chi connectivity index (χ4v) is 5.63. The van der Waals surface area contributed by atoms with Gasteiger partial charge in [0.15, 0.2) is 0 Å². The molecule has 0 bridgehead atoms. The number of likely N-dealkylation sites (N-methyl/N-ethyl adjacent to an activating group) is 1. The standard InChI is InChI=1S/C30H40N4O5S/c1-19(2)16-26(31-7)30(36)34(28(35)17-20(3)4)18-23-12-14-24(15-13-23)25-10-8-9-11-27(25)40(37,38)33-29-21(5)22(6)32-39-29/h8-15,19-20,26,31,33H,16-18H2,1-7H3/t26-/m0/s1. The van der Waals surface area contributed by atoms with E-state index in [9.17, 15) is 18.0 Å². The number of anilines is 1. The maximum absolute atomic E-state index is 13.4. The second kappa shape index (κ2) is 13.2. The van der Waals surface area contributed by atoms with Crippen LogP contribution in [0.3, 0.4) is 0 Å². The summed E-state index contributed by atoms with van der Waals surface area (Å²) in [4.78, 5) is 28.0. The van der Waals surface area contributed by atoms with E-state index in [1.54, 1.807) is 51.2 Å². The highest BCUT2D eigenvalue weighted by Crippen LogP contribution is 2.30. The second-order valence-electron chi connectivity index (χ2n) is 10.9. The zero-order valence-electron chi connectivity index (χ0n) is 24.3.